The summed E-state index contributed by atoms with van der Waals surface area (Å²) in [6.45, 7) is 9.58. The van der Waals surface area contributed by atoms with E-state index < -0.39 is 5.95 Å². The van der Waals surface area contributed by atoms with Gasteiger partial charge in [0.15, 0.2) is 0 Å². The van der Waals surface area contributed by atoms with E-state index in [1.165, 1.54) is 0 Å². The average molecular weight is 111 g/mol. The van der Waals surface area contributed by atoms with Gasteiger partial charge in [-0.1, -0.05) is 6.58 Å². The van der Waals surface area contributed by atoms with Crippen LogP contribution < -0.4 is 5.11 Å². The minimum Gasteiger partial charge on any atom is -0.439 e. The number of rotatable bonds is 2. The van der Waals surface area contributed by atoms with Crippen LogP contribution in [0.5, 0.6) is 0 Å². The van der Waals surface area contributed by atoms with Crippen molar-refractivity contribution in [1.82, 2.24) is 0 Å². The highest BCUT2D eigenvalue weighted by Gasteiger charge is 1.85. The normalized spacial score (nSPS) is 10.9. The van der Waals surface area contributed by atoms with Crippen LogP contribution in [0.15, 0.2) is 24.2 Å². The van der Waals surface area contributed by atoms with Crippen LogP contribution in [0.1, 0.15) is 0 Å². The van der Waals surface area contributed by atoms with Gasteiger partial charge in [-0.15, -0.1) is 0 Å². The summed E-state index contributed by atoms with van der Waals surface area (Å²) < 4.78 is 4.02. The maximum Gasteiger partial charge on any atom is 0.335 e. The lowest BCUT2D eigenvalue weighted by Gasteiger charge is -1.83. The molecule has 0 aromatic rings. The maximum atomic E-state index is 10.2. The molecule has 0 aliphatic carbocycles. The molecular weight excluding hydrogens is 104 g/mol. The Kier molecular flexibility index (Phi) is 2.62. The van der Waals surface area contributed by atoms with Gasteiger partial charge in [0.1, 0.15) is 0 Å². The van der Waals surface area contributed by atoms with E-state index in [9.17, 15) is 5.11 Å². The molecule has 0 bridgehead atoms. The fourth-order valence-electron chi connectivity index (χ4n) is 0.208. The van der Waals surface area contributed by atoms with Gasteiger partial charge >= 0.3 is 5.95 Å². The fraction of sp³-hybridized carbons (Fsp3) is 0. The summed E-state index contributed by atoms with van der Waals surface area (Å²) in [6, 6.07) is 0. The topological polar surface area (TPSA) is 34.4 Å². The minimum atomic E-state index is -0.523. The van der Waals surface area contributed by atoms with Gasteiger partial charge in [-0.25, -0.2) is 5.11 Å². The van der Waals surface area contributed by atoms with Crippen LogP contribution in [-0.2, 0) is 4.42 Å². The van der Waals surface area contributed by atoms with Crippen LogP contribution in [-0.4, -0.2) is 6.79 Å². The quantitative estimate of drug-likeness (QED) is 0.279. The summed E-state index contributed by atoms with van der Waals surface area (Å²) in [5.74, 6) is -0.523. The molecule has 0 atom stereocenters. The molecule has 0 amide bonds. The van der Waals surface area contributed by atoms with Crippen molar-refractivity contribution in [2.45, 2.75) is 0 Å². The summed E-state index contributed by atoms with van der Waals surface area (Å²) in [4.78, 5) is 0. The molecule has 0 N–H and O–H groups in total. The molecule has 0 saturated heterocycles. The SMILES string of the molecule is [CH2]C(=C)C=C([O-])[O+]=C. The molecule has 2 nitrogen and oxygen atoms in total. The Morgan fingerprint density at radius 3 is 2.25 bits per heavy atom. The molecule has 0 aliphatic heterocycles. The molecule has 0 heterocycles. The van der Waals surface area contributed by atoms with Crippen LogP contribution in [0.4, 0.5) is 0 Å². The molecule has 0 rings (SSSR count). The molecule has 0 unspecified atom stereocenters. The van der Waals surface area contributed by atoms with Crippen LogP contribution in [0, 0.1) is 6.92 Å². The second-order valence-corrected chi connectivity index (χ2v) is 1.27. The van der Waals surface area contributed by atoms with E-state index in [0.29, 0.717) is 5.57 Å². The Balaban J connectivity index is 3.94. The van der Waals surface area contributed by atoms with Crippen LogP contribution in [0.25, 0.3) is 0 Å². The molecule has 2 heteroatoms. The van der Waals surface area contributed by atoms with Gasteiger partial charge in [0.2, 0.25) is 0 Å². The first-order valence-electron chi connectivity index (χ1n) is 1.98. The van der Waals surface area contributed by atoms with Crippen molar-refractivity contribution in [3.63, 3.8) is 0 Å². The molecule has 0 saturated carbocycles. The summed E-state index contributed by atoms with van der Waals surface area (Å²) >= 11 is 0. The summed E-state index contributed by atoms with van der Waals surface area (Å²) in [5.41, 5.74) is 0.415. The third-order valence-electron chi connectivity index (χ3n) is 0.464. The Bertz CT molecular complexity index is 133. The van der Waals surface area contributed by atoms with E-state index in [1.807, 2.05) is 0 Å². The lowest BCUT2D eigenvalue weighted by Crippen LogP contribution is -2.02. The molecule has 43 valence electrons. The van der Waals surface area contributed by atoms with Gasteiger partial charge in [0.05, 0.1) is 6.79 Å². The second kappa shape index (κ2) is 3.02. The molecule has 0 aromatic heterocycles. The average Bonchev–Trinajstić information content (AvgIpc) is 1.65. The molecule has 0 aromatic carbocycles. The van der Waals surface area contributed by atoms with Gasteiger partial charge in [-0.3, -0.25) is 0 Å². The van der Waals surface area contributed by atoms with E-state index >= 15 is 0 Å². The number of allylic oxidation sites excluding steroid dienone is 2. The zero-order valence-electron chi connectivity index (χ0n) is 4.52. The first kappa shape index (κ1) is 6.95. The van der Waals surface area contributed by atoms with E-state index in [2.05, 4.69) is 24.7 Å². The Hall–Kier alpha value is -1.05. The molecule has 1 radical (unpaired) electrons. The zero-order valence-corrected chi connectivity index (χ0v) is 4.52. The second-order valence-electron chi connectivity index (χ2n) is 1.27. The van der Waals surface area contributed by atoms with Crippen LogP contribution in [0.3, 0.4) is 0 Å². The van der Waals surface area contributed by atoms with E-state index in [1.54, 1.807) is 0 Å². The largest absolute Gasteiger partial charge is 0.439 e. The first-order chi connectivity index (χ1) is 3.66. The summed E-state index contributed by atoms with van der Waals surface area (Å²) in [5, 5.41) is 10.2. The minimum absolute atomic E-state index is 0.415. The van der Waals surface area contributed by atoms with Gasteiger partial charge in [0.25, 0.3) is 0 Å². The van der Waals surface area contributed by atoms with Crippen molar-refractivity contribution in [1.29, 1.82) is 0 Å². The van der Waals surface area contributed by atoms with Gasteiger partial charge in [-0.05, 0) is 12.5 Å². The van der Waals surface area contributed by atoms with Crippen molar-refractivity contribution >= 4 is 6.79 Å². The highest BCUT2D eigenvalue weighted by Crippen LogP contribution is 1.88. The lowest BCUT2D eigenvalue weighted by molar-refractivity contribution is -0.556. The Morgan fingerprint density at radius 2 is 2.12 bits per heavy atom. The highest BCUT2D eigenvalue weighted by molar-refractivity contribution is 5.18. The van der Waals surface area contributed by atoms with Gasteiger partial charge in [0, 0.05) is 6.08 Å². The third kappa shape index (κ3) is 3.15. The lowest BCUT2D eigenvalue weighted by atomic mass is 10.3. The standard InChI is InChI=1S/C6H7O2/c1-5(2)4-6(7)8-3/h4H,1-3H2. The summed E-state index contributed by atoms with van der Waals surface area (Å²) in [7, 11) is 0. The zero-order chi connectivity index (χ0) is 6.57. The number of hydrogen-bond donors (Lipinski definition) is 0. The molecular formula is C6H7O2. The van der Waals surface area contributed by atoms with Crippen molar-refractivity contribution < 1.29 is 9.53 Å². The van der Waals surface area contributed by atoms with Crippen molar-refractivity contribution in [2.75, 3.05) is 0 Å². The number of hydrogen-bond acceptors (Lipinski definition) is 1. The van der Waals surface area contributed by atoms with E-state index in [0.717, 1.165) is 6.08 Å². The van der Waals surface area contributed by atoms with E-state index in [-0.39, 0.29) is 0 Å². The highest BCUT2D eigenvalue weighted by atomic mass is 16.5. The van der Waals surface area contributed by atoms with Crippen LogP contribution >= 0.6 is 0 Å². The molecule has 8 heavy (non-hydrogen) atoms. The van der Waals surface area contributed by atoms with Gasteiger partial charge < -0.3 is 4.42 Å². The Morgan fingerprint density at radius 1 is 1.62 bits per heavy atom. The maximum absolute atomic E-state index is 10.2. The Labute approximate surface area is 48.5 Å². The van der Waals surface area contributed by atoms with Crippen molar-refractivity contribution in [3.05, 3.63) is 31.1 Å². The molecule has 0 aliphatic rings. The van der Waals surface area contributed by atoms with Crippen molar-refractivity contribution in [3.8, 4) is 0 Å². The molecule has 0 spiro atoms. The number of carbonyl (C=O) groups excluding carboxylic acids is 1. The molecule has 0 fully saturated rings. The third-order valence-corrected chi connectivity index (χ3v) is 0.464. The summed E-state index contributed by atoms with van der Waals surface area (Å²) in [6.07, 6.45) is 1.16. The monoisotopic (exact) mass is 111 g/mol. The predicted octanol–water partition coefficient (Wildman–Crippen LogP) is -0.0572. The van der Waals surface area contributed by atoms with Gasteiger partial charge in [-0.2, -0.15) is 0 Å². The van der Waals surface area contributed by atoms with Crippen molar-refractivity contribution in [2.24, 2.45) is 0 Å². The predicted molar refractivity (Wildman–Crippen MR) is 29.7 cm³/mol. The van der Waals surface area contributed by atoms with Crippen LogP contribution in [0.2, 0.25) is 0 Å². The fourth-order valence-corrected chi connectivity index (χ4v) is 0.208. The first-order valence-corrected chi connectivity index (χ1v) is 1.98. The van der Waals surface area contributed by atoms with E-state index in [4.69, 9.17) is 0 Å². The smallest absolute Gasteiger partial charge is 0.335 e.